The van der Waals surface area contributed by atoms with Crippen molar-refractivity contribution < 1.29 is 4.79 Å². The Bertz CT molecular complexity index is 618. The number of imidazole rings is 1. The molecule has 1 heterocycles. The van der Waals surface area contributed by atoms with Crippen LogP contribution in [0.1, 0.15) is 31.3 Å². The molecule has 0 fully saturated rings. The molecule has 1 atom stereocenters. The zero-order valence-electron chi connectivity index (χ0n) is 12.3. The van der Waals surface area contributed by atoms with E-state index in [0.29, 0.717) is 0 Å². The van der Waals surface area contributed by atoms with E-state index >= 15 is 0 Å². The highest BCUT2D eigenvalue weighted by atomic mass is 16.1. The van der Waals surface area contributed by atoms with Gasteiger partial charge in [0.25, 0.3) is 0 Å². The maximum absolute atomic E-state index is 11.1. The van der Waals surface area contributed by atoms with Crippen molar-refractivity contribution in [3.63, 3.8) is 0 Å². The van der Waals surface area contributed by atoms with Crippen LogP contribution in [0.3, 0.4) is 0 Å². The Morgan fingerprint density at radius 3 is 2.75 bits per heavy atom. The number of amides is 1. The van der Waals surface area contributed by atoms with E-state index in [9.17, 15) is 4.79 Å². The fourth-order valence-electron chi connectivity index (χ4n) is 2.15. The highest BCUT2D eigenvalue weighted by Gasteiger charge is 2.11. The Hall–Kier alpha value is -2.30. The molecule has 1 amide bonds. The number of rotatable bonds is 4. The first-order valence-corrected chi connectivity index (χ1v) is 6.59. The second-order valence-corrected chi connectivity index (χ2v) is 4.97. The van der Waals surface area contributed by atoms with Crippen molar-refractivity contribution in [3.8, 4) is 0 Å². The highest BCUT2D eigenvalue weighted by molar-refractivity contribution is 5.89. The van der Waals surface area contributed by atoms with Gasteiger partial charge in [0, 0.05) is 37.7 Å². The molecule has 1 aromatic carbocycles. The van der Waals surface area contributed by atoms with Gasteiger partial charge in [-0.15, -0.1) is 0 Å². The van der Waals surface area contributed by atoms with Crippen LogP contribution in [-0.4, -0.2) is 15.5 Å². The Morgan fingerprint density at radius 1 is 1.40 bits per heavy atom. The Morgan fingerprint density at radius 2 is 2.15 bits per heavy atom. The molecule has 1 unspecified atom stereocenters. The molecule has 5 heteroatoms. The lowest BCUT2D eigenvalue weighted by Crippen LogP contribution is -2.13. The smallest absolute Gasteiger partial charge is 0.221 e. The summed E-state index contributed by atoms with van der Waals surface area (Å²) in [7, 11) is 1.97. The minimum Gasteiger partial charge on any atom is -0.375 e. The second-order valence-electron chi connectivity index (χ2n) is 4.97. The molecule has 0 bridgehead atoms. The Balaban J connectivity index is 2.20. The summed E-state index contributed by atoms with van der Waals surface area (Å²) < 4.78 is 1.99. The minimum atomic E-state index is -0.0723. The maximum atomic E-state index is 11.1. The lowest BCUT2D eigenvalue weighted by molar-refractivity contribution is -0.114. The van der Waals surface area contributed by atoms with Crippen LogP contribution in [0.4, 0.5) is 11.4 Å². The van der Waals surface area contributed by atoms with Gasteiger partial charge in [-0.25, -0.2) is 4.98 Å². The van der Waals surface area contributed by atoms with Crippen LogP contribution in [0.2, 0.25) is 0 Å². The molecule has 0 aliphatic heterocycles. The summed E-state index contributed by atoms with van der Waals surface area (Å²) in [6.45, 7) is 5.60. The van der Waals surface area contributed by atoms with E-state index in [1.54, 1.807) is 6.20 Å². The first-order valence-electron chi connectivity index (χ1n) is 6.59. The number of hydrogen-bond donors (Lipinski definition) is 2. The van der Waals surface area contributed by atoms with Crippen molar-refractivity contribution in [1.82, 2.24) is 9.55 Å². The van der Waals surface area contributed by atoms with Crippen molar-refractivity contribution in [2.45, 2.75) is 26.8 Å². The van der Waals surface area contributed by atoms with Crippen LogP contribution in [0.5, 0.6) is 0 Å². The lowest BCUT2D eigenvalue weighted by Gasteiger charge is -2.18. The van der Waals surface area contributed by atoms with E-state index in [2.05, 4.69) is 22.5 Å². The predicted octanol–water partition coefficient (Wildman–Crippen LogP) is 2.86. The average molecular weight is 272 g/mol. The standard InChI is InChI=1S/C15H20N4O/c1-10-5-6-13(18-12(3)20)9-14(10)17-11(2)15-16-7-8-19(15)4/h5-9,11,17H,1-4H3,(H,18,20). The summed E-state index contributed by atoms with van der Waals surface area (Å²) in [5, 5.41) is 6.22. The molecule has 0 saturated carbocycles. The molecular formula is C15H20N4O. The number of aryl methyl sites for hydroxylation is 2. The van der Waals surface area contributed by atoms with Gasteiger partial charge in [-0.1, -0.05) is 6.07 Å². The van der Waals surface area contributed by atoms with Crippen molar-refractivity contribution in [2.24, 2.45) is 7.05 Å². The van der Waals surface area contributed by atoms with Crippen molar-refractivity contribution in [1.29, 1.82) is 0 Å². The van der Waals surface area contributed by atoms with Crippen LogP contribution in [0, 0.1) is 6.92 Å². The number of nitrogens with zero attached hydrogens (tertiary/aromatic N) is 2. The summed E-state index contributed by atoms with van der Waals surface area (Å²) in [6.07, 6.45) is 3.71. The van der Waals surface area contributed by atoms with E-state index in [1.165, 1.54) is 6.92 Å². The highest BCUT2D eigenvalue weighted by Crippen LogP contribution is 2.24. The number of nitrogens with one attached hydrogen (secondary N) is 2. The number of hydrogen-bond acceptors (Lipinski definition) is 3. The third-order valence-electron chi connectivity index (χ3n) is 3.18. The molecular weight excluding hydrogens is 252 g/mol. The van der Waals surface area contributed by atoms with E-state index in [1.807, 2.05) is 42.9 Å². The molecule has 20 heavy (non-hydrogen) atoms. The van der Waals surface area contributed by atoms with E-state index in [4.69, 9.17) is 0 Å². The number of anilines is 2. The SMILES string of the molecule is CC(=O)Nc1ccc(C)c(NC(C)c2nccn2C)c1. The largest absolute Gasteiger partial charge is 0.375 e. The minimum absolute atomic E-state index is 0.0723. The quantitative estimate of drug-likeness (QED) is 0.899. The first kappa shape index (κ1) is 14.1. The fraction of sp³-hybridized carbons (Fsp3) is 0.333. The van der Waals surface area contributed by atoms with Gasteiger partial charge < -0.3 is 15.2 Å². The van der Waals surface area contributed by atoms with Crippen LogP contribution in [0.25, 0.3) is 0 Å². The van der Waals surface area contributed by atoms with Gasteiger partial charge >= 0.3 is 0 Å². The van der Waals surface area contributed by atoms with E-state index in [0.717, 1.165) is 22.8 Å². The van der Waals surface area contributed by atoms with Crippen LogP contribution in [0.15, 0.2) is 30.6 Å². The fourth-order valence-corrected chi connectivity index (χ4v) is 2.15. The monoisotopic (exact) mass is 272 g/mol. The van der Waals surface area contributed by atoms with Gasteiger partial charge in [0.2, 0.25) is 5.91 Å². The number of carbonyl (C=O) groups is 1. The van der Waals surface area contributed by atoms with Crippen molar-refractivity contribution in [2.75, 3.05) is 10.6 Å². The van der Waals surface area contributed by atoms with Gasteiger partial charge in [-0.05, 0) is 31.5 Å². The predicted molar refractivity (Wildman–Crippen MR) is 80.7 cm³/mol. The van der Waals surface area contributed by atoms with Gasteiger partial charge in [-0.2, -0.15) is 0 Å². The van der Waals surface area contributed by atoms with Crippen molar-refractivity contribution >= 4 is 17.3 Å². The normalized spacial score (nSPS) is 12.0. The second kappa shape index (κ2) is 5.77. The molecule has 2 N–H and O–H groups in total. The zero-order chi connectivity index (χ0) is 14.7. The van der Waals surface area contributed by atoms with Gasteiger partial charge in [-0.3, -0.25) is 4.79 Å². The summed E-state index contributed by atoms with van der Waals surface area (Å²) in [6, 6.07) is 5.91. The summed E-state index contributed by atoms with van der Waals surface area (Å²) in [5.74, 6) is 0.895. The Labute approximate surface area is 119 Å². The molecule has 0 saturated heterocycles. The van der Waals surface area contributed by atoms with Crippen molar-refractivity contribution in [3.05, 3.63) is 42.0 Å². The average Bonchev–Trinajstić information content (AvgIpc) is 2.79. The number of benzene rings is 1. The third-order valence-corrected chi connectivity index (χ3v) is 3.18. The molecule has 0 aliphatic carbocycles. The van der Waals surface area contributed by atoms with Crippen LogP contribution < -0.4 is 10.6 Å². The molecule has 5 nitrogen and oxygen atoms in total. The van der Waals surface area contributed by atoms with Gasteiger partial charge in [0.1, 0.15) is 5.82 Å². The lowest BCUT2D eigenvalue weighted by atomic mass is 10.1. The molecule has 1 aromatic heterocycles. The Kier molecular flexibility index (Phi) is 4.08. The summed E-state index contributed by atoms with van der Waals surface area (Å²) in [4.78, 5) is 15.5. The van der Waals surface area contributed by atoms with E-state index in [-0.39, 0.29) is 11.9 Å². The molecule has 2 rings (SSSR count). The van der Waals surface area contributed by atoms with Crippen LogP contribution >= 0.6 is 0 Å². The molecule has 0 spiro atoms. The molecule has 2 aromatic rings. The maximum Gasteiger partial charge on any atom is 0.221 e. The summed E-state index contributed by atoms with van der Waals surface area (Å²) in [5.41, 5.74) is 2.91. The number of carbonyl (C=O) groups excluding carboxylic acids is 1. The molecule has 0 aliphatic rings. The van der Waals surface area contributed by atoms with Crippen LogP contribution in [-0.2, 0) is 11.8 Å². The number of aromatic nitrogens is 2. The van der Waals surface area contributed by atoms with Gasteiger partial charge in [0.05, 0.1) is 6.04 Å². The third kappa shape index (κ3) is 3.17. The molecule has 106 valence electrons. The zero-order valence-corrected chi connectivity index (χ0v) is 12.3. The topological polar surface area (TPSA) is 59.0 Å². The molecule has 0 radical (unpaired) electrons. The first-order chi connectivity index (χ1) is 9.47. The van der Waals surface area contributed by atoms with Gasteiger partial charge in [0.15, 0.2) is 0 Å². The van der Waals surface area contributed by atoms with E-state index < -0.39 is 0 Å². The summed E-state index contributed by atoms with van der Waals surface area (Å²) >= 11 is 0.